The van der Waals surface area contributed by atoms with Crippen LogP contribution in [0.1, 0.15) is 28.4 Å². The Hall–Kier alpha value is -3.64. The molecule has 2 rings (SSSR count). The number of ether oxygens (including phenoxy) is 1. The lowest BCUT2D eigenvalue weighted by atomic mass is 10.1. The summed E-state index contributed by atoms with van der Waals surface area (Å²) in [6.07, 6.45) is -1.04. The summed E-state index contributed by atoms with van der Waals surface area (Å²) in [6.45, 7) is 1.44. The van der Waals surface area contributed by atoms with E-state index in [1.165, 1.54) is 31.2 Å². The lowest BCUT2D eigenvalue weighted by Crippen LogP contribution is -2.30. The number of nitrogens with one attached hydrogen (secondary N) is 1. The molecule has 0 fully saturated rings. The molecular weight excluding hydrogens is 306 g/mol. The molecule has 0 spiro atoms. The Labute approximate surface area is 138 Å². The van der Waals surface area contributed by atoms with Crippen LogP contribution in [0.4, 0.5) is 5.69 Å². The van der Waals surface area contributed by atoms with E-state index in [2.05, 4.69) is 5.32 Å². The molecule has 6 nitrogen and oxygen atoms in total. The number of anilines is 1. The van der Waals surface area contributed by atoms with Gasteiger partial charge in [-0.1, -0.05) is 12.1 Å². The average Bonchev–Trinajstić information content (AvgIpc) is 2.62. The van der Waals surface area contributed by atoms with Crippen LogP contribution in [0, 0.1) is 22.7 Å². The van der Waals surface area contributed by atoms with E-state index >= 15 is 0 Å². The number of rotatable bonds is 4. The van der Waals surface area contributed by atoms with Crippen LogP contribution < -0.4 is 5.32 Å². The van der Waals surface area contributed by atoms with Gasteiger partial charge in [0.2, 0.25) is 0 Å². The largest absolute Gasteiger partial charge is 0.449 e. The van der Waals surface area contributed by atoms with Gasteiger partial charge in [0.25, 0.3) is 5.91 Å². The van der Waals surface area contributed by atoms with Gasteiger partial charge in [0.05, 0.1) is 28.4 Å². The number of carbonyl (C=O) groups is 2. The molecule has 0 aliphatic carbocycles. The quantitative estimate of drug-likeness (QED) is 0.872. The number of nitrogens with zero attached hydrogens (tertiary/aromatic N) is 2. The third-order valence-corrected chi connectivity index (χ3v) is 3.21. The van der Waals surface area contributed by atoms with Gasteiger partial charge in [-0.3, -0.25) is 4.79 Å². The lowest BCUT2D eigenvalue weighted by Gasteiger charge is -2.14. The number of amides is 1. The highest BCUT2D eigenvalue weighted by atomic mass is 16.5. The van der Waals surface area contributed by atoms with Gasteiger partial charge >= 0.3 is 5.97 Å². The highest BCUT2D eigenvalue weighted by molar-refractivity contribution is 5.98. The summed E-state index contributed by atoms with van der Waals surface area (Å²) < 4.78 is 5.10. The number of hydrogen-bond donors (Lipinski definition) is 1. The molecule has 0 aliphatic rings. The van der Waals surface area contributed by atoms with Crippen LogP contribution in [0.15, 0.2) is 48.5 Å². The molecule has 0 unspecified atom stereocenters. The molecule has 2 aromatic rings. The molecule has 0 saturated heterocycles. The Morgan fingerprint density at radius 1 is 1.04 bits per heavy atom. The Balaban J connectivity index is 2.02. The van der Waals surface area contributed by atoms with Crippen LogP contribution in [0.3, 0.4) is 0 Å². The predicted molar refractivity (Wildman–Crippen MR) is 85.8 cm³/mol. The van der Waals surface area contributed by atoms with Gasteiger partial charge in [0.15, 0.2) is 6.10 Å². The topological polar surface area (TPSA) is 103 Å². The number of carbonyl (C=O) groups excluding carboxylic acids is 2. The Morgan fingerprint density at radius 3 is 2.33 bits per heavy atom. The molecule has 1 amide bonds. The molecule has 118 valence electrons. The van der Waals surface area contributed by atoms with Crippen molar-refractivity contribution < 1.29 is 14.3 Å². The Morgan fingerprint density at radius 2 is 1.71 bits per heavy atom. The first-order chi connectivity index (χ1) is 11.5. The SMILES string of the molecule is C[C@@H](OC(=O)c1ccc(C#N)cc1)C(=O)Nc1ccccc1C#N. The van der Waals surface area contributed by atoms with E-state index in [0.717, 1.165) is 0 Å². The monoisotopic (exact) mass is 319 g/mol. The maximum Gasteiger partial charge on any atom is 0.338 e. The maximum atomic E-state index is 12.1. The molecule has 2 aromatic carbocycles. The molecule has 0 saturated carbocycles. The molecule has 1 atom stereocenters. The van der Waals surface area contributed by atoms with Crippen LogP contribution in [-0.2, 0) is 9.53 Å². The second kappa shape index (κ2) is 7.57. The van der Waals surface area contributed by atoms with Crippen LogP contribution in [0.2, 0.25) is 0 Å². The van der Waals surface area contributed by atoms with Crippen molar-refractivity contribution in [2.75, 3.05) is 5.32 Å². The molecule has 0 radical (unpaired) electrons. The van der Waals surface area contributed by atoms with Crippen LogP contribution in [0.25, 0.3) is 0 Å². The molecule has 1 N–H and O–H groups in total. The van der Waals surface area contributed by atoms with Crippen molar-refractivity contribution in [3.05, 3.63) is 65.2 Å². The zero-order valence-corrected chi connectivity index (χ0v) is 12.8. The minimum absolute atomic E-state index is 0.242. The smallest absolute Gasteiger partial charge is 0.338 e. The van der Waals surface area contributed by atoms with E-state index in [9.17, 15) is 9.59 Å². The van der Waals surface area contributed by atoms with Gasteiger partial charge in [-0.25, -0.2) is 4.79 Å². The van der Waals surface area contributed by atoms with E-state index in [-0.39, 0.29) is 5.56 Å². The summed E-state index contributed by atoms with van der Waals surface area (Å²) in [4.78, 5) is 24.1. The summed E-state index contributed by atoms with van der Waals surface area (Å²) in [5.74, 6) is -1.21. The normalized spacial score (nSPS) is 10.8. The minimum atomic E-state index is -1.04. The number of hydrogen-bond acceptors (Lipinski definition) is 5. The molecule has 24 heavy (non-hydrogen) atoms. The van der Waals surface area contributed by atoms with Gasteiger partial charge in [-0.15, -0.1) is 0 Å². The number of esters is 1. The van der Waals surface area contributed by atoms with Crippen molar-refractivity contribution in [3.8, 4) is 12.1 Å². The fourth-order valence-electron chi connectivity index (χ4n) is 1.89. The summed E-state index contributed by atoms with van der Waals surface area (Å²) in [5, 5.41) is 20.3. The summed E-state index contributed by atoms with van der Waals surface area (Å²) in [5.41, 5.74) is 1.33. The first-order valence-electron chi connectivity index (χ1n) is 7.06. The van der Waals surface area contributed by atoms with Gasteiger partial charge in [-0.05, 0) is 43.3 Å². The van der Waals surface area contributed by atoms with Crippen molar-refractivity contribution in [2.45, 2.75) is 13.0 Å². The van der Waals surface area contributed by atoms with E-state index in [1.54, 1.807) is 24.3 Å². The van der Waals surface area contributed by atoms with Crippen molar-refractivity contribution in [1.82, 2.24) is 0 Å². The van der Waals surface area contributed by atoms with Crippen molar-refractivity contribution >= 4 is 17.6 Å². The highest BCUT2D eigenvalue weighted by Crippen LogP contribution is 2.14. The fraction of sp³-hybridized carbons (Fsp3) is 0.111. The average molecular weight is 319 g/mol. The van der Waals surface area contributed by atoms with Gasteiger partial charge in [-0.2, -0.15) is 10.5 Å². The summed E-state index contributed by atoms with van der Waals surface area (Å²) in [6, 6.07) is 16.3. The second-order valence-electron chi connectivity index (χ2n) is 4.88. The van der Waals surface area contributed by atoms with Crippen LogP contribution in [-0.4, -0.2) is 18.0 Å². The van der Waals surface area contributed by atoms with E-state index < -0.39 is 18.0 Å². The standard InChI is InChI=1S/C18H13N3O3/c1-12(17(22)21-16-5-3-2-4-15(16)11-20)24-18(23)14-8-6-13(10-19)7-9-14/h2-9,12H,1H3,(H,21,22)/t12-/m1/s1. The molecular formula is C18H13N3O3. The van der Waals surface area contributed by atoms with Crippen molar-refractivity contribution in [3.63, 3.8) is 0 Å². The number of benzene rings is 2. The zero-order valence-electron chi connectivity index (χ0n) is 12.8. The van der Waals surface area contributed by atoms with E-state index in [4.69, 9.17) is 15.3 Å². The lowest BCUT2D eigenvalue weighted by molar-refractivity contribution is -0.123. The molecule has 0 aromatic heterocycles. The third kappa shape index (κ3) is 3.96. The van der Waals surface area contributed by atoms with E-state index in [1.807, 2.05) is 12.1 Å². The third-order valence-electron chi connectivity index (χ3n) is 3.21. The van der Waals surface area contributed by atoms with Crippen LogP contribution in [0.5, 0.6) is 0 Å². The van der Waals surface area contributed by atoms with Crippen molar-refractivity contribution in [1.29, 1.82) is 10.5 Å². The highest BCUT2D eigenvalue weighted by Gasteiger charge is 2.19. The number of nitriles is 2. The minimum Gasteiger partial charge on any atom is -0.449 e. The predicted octanol–water partition coefficient (Wildman–Crippen LogP) is 2.61. The maximum absolute atomic E-state index is 12.1. The van der Waals surface area contributed by atoms with Crippen molar-refractivity contribution in [2.24, 2.45) is 0 Å². The second-order valence-corrected chi connectivity index (χ2v) is 4.88. The van der Waals surface area contributed by atoms with Gasteiger partial charge in [0, 0.05) is 0 Å². The Bertz CT molecular complexity index is 845. The molecule has 0 heterocycles. The van der Waals surface area contributed by atoms with Gasteiger partial charge < -0.3 is 10.1 Å². The van der Waals surface area contributed by atoms with Crippen LogP contribution >= 0.6 is 0 Å². The van der Waals surface area contributed by atoms with Gasteiger partial charge in [0.1, 0.15) is 6.07 Å². The zero-order chi connectivity index (χ0) is 17.5. The summed E-state index contributed by atoms with van der Waals surface area (Å²) >= 11 is 0. The summed E-state index contributed by atoms with van der Waals surface area (Å²) in [7, 11) is 0. The fourth-order valence-corrected chi connectivity index (χ4v) is 1.89. The van der Waals surface area contributed by atoms with E-state index in [0.29, 0.717) is 16.8 Å². The first-order valence-corrected chi connectivity index (χ1v) is 7.06. The first kappa shape index (κ1) is 16.7. The molecule has 6 heteroatoms. The molecule has 0 bridgehead atoms. The molecule has 0 aliphatic heterocycles. The number of para-hydroxylation sites is 1. The Kier molecular flexibility index (Phi) is 5.28.